The molecule has 21 heavy (non-hydrogen) atoms. The maximum absolute atomic E-state index is 12.0. The summed E-state index contributed by atoms with van der Waals surface area (Å²) >= 11 is 0. The lowest BCUT2D eigenvalue weighted by Gasteiger charge is -2.26. The second-order valence-corrected chi connectivity index (χ2v) is 5.44. The molecule has 2 rings (SSSR count). The number of nitrogens with one attached hydrogen (secondary N) is 1. The van der Waals surface area contributed by atoms with Crippen LogP contribution in [-0.4, -0.2) is 36.1 Å². The Morgan fingerprint density at radius 3 is 2.67 bits per heavy atom. The predicted octanol–water partition coefficient (Wildman–Crippen LogP) is 1.70. The van der Waals surface area contributed by atoms with Crippen LogP contribution in [0.5, 0.6) is 0 Å². The van der Waals surface area contributed by atoms with Gasteiger partial charge < -0.3 is 15.3 Å². The topological polar surface area (TPSA) is 69.6 Å². The molecule has 1 aromatic rings. The van der Waals surface area contributed by atoms with Gasteiger partial charge >= 0.3 is 0 Å². The van der Waals surface area contributed by atoms with Gasteiger partial charge in [0.05, 0.1) is 0 Å². The van der Waals surface area contributed by atoms with Crippen LogP contribution < -0.4 is 10.2 Å². The van der Waals surface area contributed by atoms with Gasteiger partial charge in [-0.15, -0.1) is 0 Å². The largest absolute Gasteiger partial charge is 0.396 e. The summed E-state index contributed by atoms with van der Waals surface area (Å²) in [5, 5.41) is 11.7. The number of hydrogen-bond donors (Lipinski definition) is 2. The molecular weight excluding hydrogens is 268 g/mol. The molecule has 0 aromatic heterocycles. The Kier molecular flexibility index (Phi) is 5.33. The van der Waals surface area contributed by atoms with Crippen molar-refractivity contribution < 1.29 is 14.7 Å². The molecule has 2 amide bonds. The van der Waals surface area contributed by atoms with Crippen molar-refractivity contribution >= 4 is 17.5 Å². The summed E-state index contributed by atoms with van der Waals surface area (Å²) in [4.78, 5) is 25.6. The Labute approximate surface area is 125 Å². The summed E-state index contributed by atoms with van der Waals surface area (Å²) in [6.07, 6.45) is 3.11. The van der Waals surface area contributed by atoms with Crippen LogP contribution in [0.25, 0.3) is 0 Å². The van der Waals surface area contributed by atoms with E-state index in [9.17, 15) is 9.59 Å². The van der Waals surface area contributed by atoms with E-state index in [0.717, 1.165) is 25.1 Å². The van der Waals surface area contributed by atoms with Gasteiger partial charge in [-0.3, -0.25) is 9.59 Å². The van der Waals surface area contributed by atoms with Gasteiger partial charge in [0.15, 0.2) is 0 Å². The fourth-order valence-corrected chi connectivity index (χ4v) is 2.44. The highest BCUT2D eigenvalue weighted by Gasteiger charge is 2.19. The molecule has 1 saturated heterocycles. The third-order valence-corrected chi connectivity index (χ3v) is 3.70. The molecule has 0 bridgehead atoms. The van der Waals surface area contributed by atoms with E-state index in [1.807, 2.05) is 19.1 Å². The molecule has 0 saturated carbocycles. The van der Waals surface area contributed by atoms with Crippen molar-refractivity contribution in [2.45, 2.75) is 38.6 Å². The van der Waals surface area contributed by atoms with Gasteiger partial charge in [0.2, 0.25) is 5.91 Å². The van der Waals surface area contributed by atoms with Crippen molar-refractivity contribution in [3.63, 3.8) is 0 Å². The van der Waals surface area contributed by atoms with Crippen LogP contribution in [-0.2, 0) is 4.79 Å². The van der Waals surface area contributed by atoms with Gasteiger partial charge in [-0.1, -0.05) is 0 Å². The number of benzene rings is 1. The number of anilines is 1. The van der Waals surface area contributed by atoms with E-state index >= 15 is 0 Å². The summed E-state index contributed by atoms with van der Waals surface area (Å²) in [5.41, 5.74) is 1.41. The van der Waals surface area contributed by atoms with Gasteiger partial charge in [-0.2, -0.15) is 0 Å². The van der Waals surface area contributed by atoms with Crippen LogP contribution in [0.4, 0.5) is 5.69 Å². The van der Waals surface area contributed by atoms with Crippen molar-refractivity contribution in [2.75, 3.05) is 18.1 Å². The van der Waals surface area contributed by atoms with Crippen molar-refractivity contribution in [1.82, 2.24) is 5.32 Å². The molecule has 2 N–H and O–H groups in total. The first-order valence-electron chi connectivity index (χ1n) is 7.44. The highest BCUT2D eigenvalue weighted by molar-refractivity contribution is 5.97. The van der Waals surface area contributed by atoms with Crippen LogP contribution >= 0.6 is 0 Å². The number of amides is 2. The van der Waals surface area contributed by atoms with E-state index in [0.29, 0.717) is 18.4 Å². The maximum Gasteiger partial charge on any atom is 0.251 e. The molecule has 0 aliphatic carbocycles. The van der Waals surface area contributed by atoms with Crippen molar-refractivity contribution in [1.29, 1.82) is 0 Å². The zero-order chi connectivity index (χ0) is 15.2. The first-order valence-corrected chi connectivity index (χ1v) is 7.44. The van der Waals surface area contributed by atoms with Gasteiger partial charge in [0.25, 0.3) is 5.91 Å². The molecule has 5 nitrogen and oxygen atoms in total. The van der Waals surface area contributed by atoms with Gasteiger partial charge in [-0.25, -0.2) is 0 Å². The van der Waals surface area contributed by atoms with Crippen LogP contribution in [0, 0.1) is 0 Å². The van der Waals surface area contributed by atoms with Crippen molar-refractivity contribution in [3.8, 4) is 0 Å². The summed E-state index contributed by atoms with van der Waals surface area (Å²) in [6, 6.07) is 7.03. The number of aliphatic hydroxyl groups excluding tert-OH is 1. The normalized spacial score (nSPS) is 16.7. The van der Waals surface area contributed by atoms with E-state index in [4.69, 9.17) is 5.11 Å². The molecule has 1 fully saturated rings. The zero-order valence-electron chi connectivity index (χ0n) is 12.3. The first kappa shape index (κ1) is 15.5. The van der Waals surface area contributed by atoms with E-state index in [1.165, 1.54) is 0 Å². The third kappa shape index (κ3) is 4.04. The molecule has 1 unspecified atom stereocenters. The zero-order valence-corrected chi connectivity index (χ0v) is 12.3. The van der Waals surface area contributed by atoms with E-state index in [-0.39, 0.29) is 24.5 Å². The minimum Gasteiger partial charge on any atom is -0.396 e. The SMILES string of the molecule is CC(CCO)NC(=O)c1ccc(N2CCCCC2=O)cc1. The second kappa shape index (κ2) is 7.22. The lowest BCUT2D eigenvalue weighted by Crippen LogP contribution is -2.35. The minimum absolute atomic E-state index is 0.0530. The molecule has 1 aliphatic heterocycles. The fraction of sp³-hybridized carbons (Fsp3) is 0.500. The third-order valence-electron chi connectivity index (χ3n) is 3.70. The maximum atomic E-state index is 12.0. The molecular formula is C16H22N2O3. The quantitative estimate of drug-likeness (QED) is 0.867. The van der Waals surface area contributed by atoms with Crippen LogP contribution in [0.15, 0.2) is 24.3 Å². The number of carbonyl (C=O) groups excluding carboxylic acids is 2. The Bertz CT molecular complexity index is 499. The standard InChI is InChI=1S/C16H22N2O3/c1-12(9-11-19)17-16(21)13-5-7-14(8-6-13)18-10-3-2-4-15(18)20/h5-8,12,19H,2-4,9-11H2,1H3,(H,17,21). The molecule has 5 heteroatoms. The summed E-state index contributed by atoms with van der Waals surface area (Å²) in [7, 11) is 0. The average Bonchev–Trinajstić information content (AvgIpc) is 2.48. The molecule has 1 heterocycles. The van der Waals surface area contributed by atoms with Gasteiger partial charge in [0, 0.05) is 36.9 Å². The molecule has 0 spiro atoms. The lowest BCUT2D eigenvalue weighted by atomic mass is 10.1. The molecule has 1 atom stereocenters. The van der Waals surface area contributed by atoms with E-state index in [1.54, 1.807) is 17.0 Å². The monoisotopic (exact) mass is 290 g/mol. The van der Waals surface area contributed by atoms with E-state index < -0.39 is 0 Å². The summed E-state index contributed by atoms with van der Waals surface area (Å²) < 4.78 is 0. The molecule has 1 aromatic carbocycles. The second-order valence-electron chi connectivity index (χ2n) is 5.44. The number of hydrogen-bond acceptors (Lipinski definition) is 3. The number of piperidine rings is 1. The Hall–Kier alpha value is -1.88. The van der Waals surface area contributed by atoms with Crippen molar-refractivity contribution in [2.24, 2.45) is 0 Å². The molecule has 114 valence electrons. The first-order chi connectivity index (χ1) is 10.1. The minimum atomic E-state index is -0.160. The van der Waals surface area contributed by atoms with Crippen LogP contribution in [0.1, 0.15) is 43.0 Å². The van der Waals surface area contributed by atoms with Gasteiger partial charge in [0.1, 0.15) is 0 Å². The average molecular weight is 290 g/mol. The highest BCUT2D eigenvalue weighted by Crippen LogP contribution is 2.21. The lowest BCUT2D eigenvalue weighted by molar-refractivity contribution is -0.119. The predicted molar refractivity (Wildman–Crippen MR) is 81.3 cm³/mol. The van der Waals surface area contributed by atoms with Crippen LogP contribution in [0.3, 0.4) is 0 Å². The number of nitrogens with zero attached hydrogens (tertiary/aromatic N) is 1. The van der Waals surface area contributed by atoms with Crippen molar-refractivity contribution in [3.05, 3.63) is 29.8 Å². The molecule has 1 aliphatic rings. The summed E-state index contributed by atoms with van der Waals surface area (Å²) in [5.74, 6) is -0.0116. The molecule has 0 radical (unpaired) electrons. The van der Waals surface area contributed by atoms with E-state index in [2.05, 4.69) is 5.32 Å². The Morgan fingerprint density at radius 1 is 1.33 bits per heavy atom. The Morgan fingerprint density at radius 2 is 2.05 bits per heavy atom. The number of aliphatic hydroxyl groups is 1. The number of carbonyl (C=O) groups is 2. The number of rotatable bonds is 5. The smallest absolute Gasteiger partial charge is 0.251 e. The van der Waals surface area contributed by atoms with Gasteiger partial charge in [-0.05, 0) is 50.5 Å². The fourth-order valence-electron chi connectivity index (χ4n) is 2.44. The van der Waals surface area contributed by atoms with Crippen LogP contribution in [0.2, 0.25) is 0 Å². The highest BCUT2D eigenvalue weighted by atomic mass is 16.3. The Balaban J connectivity index is 2.01. The summed E-state index contributed by atoms with van der Waals surface area (Å²) in [6.45, 7) is 2.66.